The molecule has 0 radical (unpaired) electrons. The molecular weight excluding hydrogens is 352 g/mol. The van der Waals surface area contributed by atoms with Gasteiger partial charge in [0.1, 0.15) is 0 Å². The lowest BCUT2D eigenvalue weighted by Gasteiger charge is -2.34. The van der Waals surface area contributed by atoms with E-state index in [-0.39, 0.29) is 11.8 Å². The lowest BCUT2D eigenvalue weighted by molar-refractivity contribution is -0.127. The zero-order valence-electron chi connectivity index (χ0n) is 15.4. The van der Waals surface area contributed by atoms with Crippen molar-refractivity contribution >= 4 is 28.9 Å². The van der Waals surface area contributed by atoms with Crippen LogP contribution >= 0.6 is 0 Å². The van der Waals surface area contributed by atoms with Crippen LogP contribution in [0.3, 0.4) is 0 Å². The van der Waals surface area contributed by atoms with Gasteiger partial charge in [-0.05, 0) is 30.3 Å². The van der Waals surface area contributed by atoms with Crippen LogP contribution < -0.4 is 0 Å². The summed E-state index contributed by atoms with van der Waals surface area (Å²) in [6.45, 7) is 2.10. The number of aromatic nitrogens is 2. The molecule has 0 aliphatic carbocycles. The summed E-state index contributed by atoms with van der Waals surface area (Å²) in [6.07, 6.45) is 4.86. The SMILES string of the molecule is O=C(/C=C/c1cnc2ccccc2n1)N1CCN(C(=O)c2ccccc2)CC1. The quantitative estimate of drug-likeness (QED) is 0.663. The number of rotatable bonds is 3. The van der Waals surface area contributed by atoms with Gasteiger partial charge in [-0.3, -0.25) is 14.6 Å². The van der Waals surface area contributed by atoms with Gasteiger partial charge in [-0.2, -0.15) is 0 Å². The second-order valence-electron chi connectivity index (χ2n) is 6.60. The highest BCUT2D eigenvalue weighted by molar-refractivity contribution is 5.95. The van der Waals surface area contributed by atoms with Crippen LogP contribution in [0.1, 0.15) is 16.1 Å². The Kier molecular flexibility index (Phi) is 5.10. The van der Waals surface area contributed by atoms with E-state index >= 15 is 0 Å². The van der Waals surface area contributed by atoms with E-state index in [0.717, 1.165) is 11.0 Å². The van der Waals surface area contributed by atoms with Crippen molar-refractivity contribution in [1.29, 1.82) is 0 Å². The first-order chi connectivity index (χ1) is 13.7. The molecule has 6 nitrogen and oxygen atoms in total. The number of benzene rings is 2. The van der Waals surface area contributed by atoms with E-state index in [0.29, 0.717) is 37.4 Å². The fourth-order valence-electron chi connectivity index (χ4n) is 3.21. The molecule has 0 atom stereocenters. The molecule has 0 bridgehead atoms. The third-order valence-corrected chi connectivity index (χ3v) is 4.76. The molecule has 0 spiro atoms. The van der Waals surface area contributed by atoms with Crippen LogP contribution in [0.5, 0.6) is 0 Å². The number of hydrogen-bond acceptors (Lipinski definition) is 4. The van der Waals surface area contributed by atoms with Crippen molar-refractivity contribution in [2.24, 2.45) is 0 Å². The van der Waals surface area contributed by atoms with Crippen molar-refractivity contribution in [2.75, 3.05) is 26.2 Å². The Morgan fingerprint density at radius 3 is 2.21 bits per heavy atom. The van der Waals surface area contributed by atoms with Crippen molar-refractivity contribution in [3.63, 3.8) is 0 Å². The van der Waals surface area contributed by atoms with E-state index in [9.17, 15) is 9.59 Å². The summed E-state index contributed by atoms with van der Waals surface area (Å²) in [5, 5.41) is 0. The van der Waals surface area contributed by atoms with Crippen LogP contribution in [0, 0.1) is 0 Å². The largest absolute Gasteiger partial charge is 0.336 e. The van der Waals surface area contributed by atoms with Gasteiger partial charge in [-0.1, -0.05) is 30.3 Å². The highest BCUT2D eigenvalue weighted by Gasteiger charge is 2.23. The standard InChI is InChI=1S/C22H20N4O2/c27-21(11-10-18-16-23-19-8-4-5-9-20(19)24-18)25-12-14-26(15-13-25)22(28)17-6-2-1-3-7-17/h1-11,16H,12-15H2/b11-10+. The monoisotopic (exact) mass is 372 g/mol. The molecule has 1 aliphatic rings. The molecule has 0 N–H and O–H groups in total. The van der Waals surface area contributed by atoms with Gasteiger partial charge in [0.25, 0.3) is 5.91 Å². The Morgan fingerprint density at radius 1 is 0.821 bits per heavy atom. The number of carbonyl (C=O) groups is 2. The average molecular weight is 372 g/mol. The summed E-state index contributed by atoms with van der Waals surface area (Å²) in [5.41, 5.74) is 2.94. The molecule has 1 fully saturated rings. The smallest absolute Gasteiger partial charge is 0.253 e. The van der Waals surface area contributed by atoms with Crippen LogP contribution in [-0.2, 0) is 4.79 Å². The van der Waals surface area contributed by atoms with Gasteiger partial charge < -0.3 is 9.80 Å². The van der Waals surface area contributed by atoms with Crippen LogP contribution in [0.25, 0.3) is 17.1 Å². The third-order valence-electron chi connectivity index (χ3n) is 4.76. The maximum Gasteiger partial charge on any atom is 0.253 e. The van der Waals surface area contributed by atoms with Gasteiger partial charge in [-0.25, -0.2) is 4.98 Å². The molecular formula is C22H20N4O2. The van der Waals surface area contributed by atoms with Gasteiger partial charge in [0.05, 0.1) is 22.9 Å². The molecule has 1 aromatic heterocycles. The van der Waals surface area contributed by atoms with Crippen molar-refractivity contribution in [3.8, 4) is 0 Å². The number of amides is 2. The average Bonchev–Trinajstić information content (AvgIpc) is 2.77. The van der Waals surface area contributed by atoms with E-state index in [1.54, 1.807) is 22.1 Å². The number of fused-ring (bicyclic) bond motifs is 1. The first-order valence-electron chi connectivity index (χ1n) is 9.24. The molecule has 2 heterocycles. The number of hydrogen-bond donors (Lipinski definition) is 0. The molecule has 2 aromatic carbocycles. The summed E-state index contributed by atoms with van der Waals surface area (Å²) in [6, 6.07) is 16.8. The van der Waals surface area contributed by atoms with Gasteiger partial charge >= 0.3 is 0 Å². The minimum Gasteiger partial charge on any atom is -0.336 e. The number of nitrogens with zero attached hydrogens (tertiary/aromatic N) is 4. The van der Waals surface area contributed by atoms with E-state index < -0.39 is 0 Å². The number of carbonyl (C=O) groups excluding carboxylic acids is 2. The van der Waals surface area contributed by atoms with Crippen molar-refractivity contribution in [2.45, 2.75) is 0 Å². The predicted molar refractivity (Wildman–Crippen MR) is 107 cm³/mol. The third kappa shape index (κ3) is 3.91. The van der Waals surface area contributed by atoms with E-state index in [2.05, 4.69) is 9.97 Å². The fraction of sp³-hybridized carbons (Fsp3) is 0.182. The van der Waals surface area contributed by atoms with Crippen molar-refractivity contribution in [1.82, 2.24) is 19.8 Å². The maximum atomic E-state index is 12.5. The maximum absolute atomic E-state index is 12.5. The Balaban J connectivity index is 1.35. The second kappa shape index (κ2) is 8.00. The minimum atomic E-state index is -0.0817. The lowest BCUT2D eigenvalue weighted by atomic mass is 10.2. The van der Waals surface area contributed by atoms with Crippen LogP contribution in [-0.4, -0.2) is 57.8 Å². The summed E-state index contributed by atoms with van der Waals surface area (Å²) < 4.78 is 0. The zero-order valence-corrected chi connectivity index (χ0v) is 15.4. The number of piperazine rings is 1. The summed E-state index contributed by atoms with van der Waals surface area (Å²) in [5.74, 6) is -0.0727. The predicted octanol–water partition coefficient (Wildman–Crippen LogP) is 2.63. The molecule has 2 amide bonds. The lowest BCUT2D eigenvalue weighted by Crippen LogP contribution is -2.50. The zero-order chi connectivity index (χ0) is 19.3. The Morgan fingerprint density at radius 2 is 1.46 bits per heavy atom. The Bertz CT molecular complexity index is 1020. The topological polar surface area (TPSA) is 66.4 Å². The highest BCUT2D eigenvalue weighted by atomic mass is 16.2. The normalized spacial score (nSPS) is 14.6. The van der Waals surface area contributed by atoms with E-state index in [1.807, 2.05) is 54.6 Å². The summed E-state index contributed by atoms with van der Waals surface area (Å²) in [4.78, 5) is 37.3. The highest BCUT2D eigenvalue weighted by Crippen LogP contribution is 2.11. The minimum absolute atomic E-state index is 0.00896. The Labute approximate surface area is 163 Å². The molecule has 1 saturated heterocycles. The molecule has 0 unspecified atom stereocenters. The first kappa shape index (κ1) is 17.9. The van der Waals surface area contributed by atoms with Gasteiger partial charge in [0.15, 0.2) is 0 Å². The molecule has 6 heteroatoms. The van der Waals surface area contributed by atoms with Crippen molar-refractivity contribution in [3.05, 3.63) is 78.1 Å². The Hall–Kier alpha value is -3.54. The molecule has 4 rings (SSSR count). The molecule has 3 aromatic rings. The summed E-state index contributed by atoms with van der Waals surface area (Å²) >= 11 is 0. The van der Waals surface area contributed by atoms with Gasteiger partial charge in [0.2, 0.25) is 5.91 Å². The van der Waals surface area contributed by atoms with E-state index in [1.165, 1.54) is 6.08 Å². The molecule has 140 valence electrons. The van der Waals surface area contributed by atoms with Crippen LogP contribution in [0.2, 0.25) is 0 Å². The van der Waals surface area contributed by atoms with Gasteiger partial charge in [0, 0.05) is 37.8 Å². The second-order valence-corrected chi connectivity index (χ2v) is 6.60. The molecule has 28 heavy (non-hydrogen) atoms. The van der Waals surface area contributed by atoms with Crippen LogP contribution in [0.4, 0.5) is 0 Å². The number of para-hydroxylation sites is 2. The van der Waals surface area contributed by atoms with Crippen LogP contribution in [0.15, 0.2) is 66.9 Å². The van der Waals surface area contributed by atoms with Gasteiger partial charge in [-0.15, -0.1) is 0 Å². The van der Waals surface area contributed by atoms with Crippen molar-refractivity contribution < 1.29 is 9.59 Å². The fourth-order valence-corrected chi connectivity index (χ4v) is 3.21. The molecule has 1 aliphatic heterocycles. The van der Waals surface area contributed by atoms with E-state index in [4.69, 9.17) is 0 Å². The molecule has 0 saturated carbocycles. The first-order valence-corrected chi connectivity index (χ1v) is 9.24. The summed E-state index contributed by atoms with van der Waals surface area (Å²) in [7, 11) is 0.